The fourth-order valence-electron chi connectivity index (χ4n) is 3.12. The fourth-order valence-corrected chi connectivity index (χ4v) is 4.63. The van der Waals surface area contributed by atoms with Gasteiger partial charge in [0.25, 0.3) is 0 Å². The van der Waals surface area contributed by atoms with Crippen molar-refractivity contribution >= 4 is 10.0 Å². The Balaban J connectivity index is 1.58. The van der Waals surface area contributed by atoms with Crippen LogP contribution in [0.25, 0.3) is 0 Å². The summed E-state index contributed by atoms with van der Waals surface area (Å²) in [6.07, 6.45) is 0. The molecule has 0 amide bonds. The lowest BCUT2D eigenvalue weighted by atomic mass is 10.2. The molecule has 0 N–H and O–H groups in total. The molecule has 0 spiro atoms. The molecule has 5 nitrogen and oxygen atoms in total. The summed E-state index contributed by atoms with van der Waals surface area (Å²) in [7, 11) is -1.59. The van der Waals surface area contributed by atoms with Crippen LogP contribution in [0, 0.1) is 0 Å². The average molecular weight is 360 g/mol. The maximum absolute atomic E-state index is 12.6. The zero-order valence-electron chi connectivity index (χ0n) is 14.5. The van der Waals surface area contributed by atoms with Crippen molar-refractivity contribution in [2.45, 2.75) is 12.3 Å². The predicted molar refractivity (Wildman–Crippen MR) is 98.9 cm³/mol. The first-order chi connectivity index (χ1) is 12.1. The topological polar surface area (TPSA) is 49.9 Å². The molecule has 0 bridgehead atoms. The maximum atomic E-state index is 12.6. The Hall–Kier alpha value is -1.89. The fraction of sp³-hybridized carbons (Fsp3) is 0.368. The van der Waals surface area contributed by atoms with Gasteiger partial charge in [0.05, 0.1) is 12.9 Å². The molecule has 0 aliphatic carbocycles. The second-order valence-electron chi connectivity index (χ2n) is 6.23. The lowest BCUT2D eigenvalue weighted by Gasteiger charge is -2.34. The molecule has 3 rings (SSSR count). The highest BCUT2D eigenvalue weighted by Gasteiger charge is 2.27. The first kappa shape index (κ1) is 17.9. The van der Waals surface area contributed by atoms with E-state index in [2.05, 4.69) is 11.0 Å². The minimum Gasteiger partial charge on any atom is -0.496 e. The average Bonchev–Trinajstić information content (AvgIpc) is 2.63. The van der Waals surface area contributed by atoms with Crippen LogP contribution in [-0.2, 0) is 22.3 Å². The molecule has 0 atom stereocenters. The zero-order valence-corrected chi connectivity index (χ0v) is 15.3. The van der Waals surface area contributed by atoms with E-state index in [9.17, 15) is 8.42 Å². The van der Waals surface area contributed by atoms with E-state index in [0.29, 0.717) is 13.1 Å². The number of piperazine rings is 1. The lowest BCUT2D eigenvalue weighted by Crippen LogP contribution is -2.48. The number of sulfonamides is 1. The molecule has 6 heteroatoms. The third kappa shape index (κ3) is 4.60. The highest BCUT2D eigenvalue weighted by Crippen LogP contribution is 2.21. The summed E-state index contributed by atoms with van der Waals surface area (Å²) in [6, 6.07) is 17.3. The van der Waals surface area contributed by atoms with Crippen molar-refractivity contribution in [3.05, 3.63) is 65.7 Å². The third-order valence-corrected chi connectivity index (χ3v) is 6.35. The van der Waals surface area contributed by atoms with Crippen LogP contribution in [0.3, 0.4) is 0 Å². The Morgan fingerprint density at radius 1 is 0.920 bits per heavy atom. The van der Waals surface area contributed by atoms with E-state index in [1.807, 2.05) is 48.5 Å². The minimum absolute atomic E-state index is 0.0698. The van der Waals surface area contributed by atoms with Crippen LogP contribution in [0.4, 0.5) is 0 Å². The van der Waals surface area contributed by atoms with Crippen molar-refractivity contribution in [2.75, 3.05) is 33.3 Å². The Morgan fingerprint density at radius 2 is 1.56 bits per heavy atom. The number of hydrogen-bond donors (Lipinski definition) is 0. The molecule has 1 fully saturated rings. The third-order valence-electron chi connectivity index (χ3n) is 4.50. The molecule has 0 saturated carbocycles. The van der Waals surface area contributed by atoms with E-state index in [4.69, 9.17) is 4.74 Å². The van der Waals surface area contributed by atoms with E-state index in [1.54, 1.807) is 11.4 Å². The molecule has 134 valence electrons. The van der Waals surface area contributed by atoms with E-state index in [1.165, 1.54) is 0 Å². The molecule has 2 aromatic carbocycles. The van der Waals surface area contributed by atoms with Crippen LogP contribution in [0.1, 0.15) is 11.1 Å². The number of methoxy groups -OCH3 is 1. The molecule has 1 aliphatic rings. The summed E-state index contributed by atoms with van der Waals surface area (Å²) in [5.74, 6) is 0.946. The van der Waals surface area contributed by atoms with Crippen LogP contribution in [0.5, 0.6) is 5.75 Å². The molecule has 1 heterocycles. The Morgan fingerprint density at radius 3 is 2.24 bits per heavy atom. The second-order valence-corrected chi connectivity index (χ2v) is 8.20. The molecule has 0 radical (unpaired) electrons. The second kappa shape index (κ2) is 7.99. The van der Waals surface area contributed by atoms with Crippen molar-refractivity contribution in [3.8, 4) is 5.75 Å². The number of para-hydroxylation sites is 1. The summed E-state index contributed by atoms with van der Waals surface area (Å²) in [5.41, 5.74) is 1.96. The molecule has 1 aliphatic heterocycles. The summed E-state index contributed by atoms with van der Waals surface area (Å²) >= 11 is 0. The van der Waals surface area contributed by atoms with Gasteiger partial charge in [0.2, 0.25) is 10.0 Å². The SMILES string of the molecule is COc1ccccc1CN1CCN(S(=O)(=O)Cc2ccccc2)CC1. The molecule has 0 unspecified atom stereocenters. The van der Waals surface area contributed by atoms with Crippen LogP contribution < -0.4 is 4.74 Å². The van der Waals surface area contributed by atoms with Crippen LogP contribution in [0.2, 0.25) is 0 Å². The molecule has 1 saturated heterocycles. The van der Waals surface area contributed by atoms with Gasteiger partial charge in [-0.15, -0.1) is 0 Å². The number of ether oxygens (including phenoxy) is 1. The Kier molecular flexibility index (Phi) is 5.73. The van der Waals surface area contributed by atoms with Crippen LogP contribution >= 0.6 is 0 Å². The van der Waals surface area contributed by atoms with Gasteiger partial charge < -0.3 is 4.74 Å². The largest absolute Gasteiger partial charge is 0.496 e. The smallest absolute Gasteiger partial charge is 0.218 e. The highest BCUT2D eigenvalue weighted by molar-refractivity contribution is 7.88. The quantitative estimate of drug-likeness (QED) is 0.793. The molecule has 2 aromatic rings. The van der Waals surface area contributed by atoms with Crippen molar-refractivity contribution in [1.82, 2.24) is 9.21 Å². The van der Waals surface area contributed by atoms with Gasteiger partial charge in [-0.05, 0) is 11.6 Å². The predicted octanol–water partition coefficient (Wildman–Crippen LogP) is 2.34. The monoisotopic (exact) mass is 360 g/mol. The van der Waals surface area contributed by atoms with Crippen molar-refractivity contribution in [2.24, 2.45) is 0 Å². The van der Waals surface area contributed by atoms with E-state index >= 15 is 0 Å². The Labute approximate surface area is 149 Å². The summed E-state index contributed by atoms with van der Waals surface area (Å²) < 4.78 is 32.2. The maximum Gasteiger partial charge on any atom is 0.218 e. The van der Waals surface area contributed by atoms with Gasteiger partial charge in [0, 0.05) is 38.3 Å². The molecule has 25 heavy (non-hydrogen) atoms. The normalized spacial score (nSPS) is 16.7. The van der Waals surface area contributed by atoms with Gasteiger partial charge in [0.1, 0.15) is 5.75 Å². The summed E-state index contributed by atoms with van der Waals surface area (Å²) in [4.78, 5) is 2.27. The first-order valence-corrected chi connectivity index (χ1v) is 10.1. The summed E-state index contributed by atoms with van der Waals surface area (Å²) in [5, 5.41) is 0. The van der Waals surface area contributed by atoms with Gasteiger partial charge in [-0.3, -0.25) is 4.90 Å². The van der Waals surface area contributed by atoms with Gasteiger partial charge in [0.15, 0.2) is 0 Å². The number of benzene rings is 2. The van der Waals surface area contributed by atoms with E-state index in [0.717, 1.165) is 36.5 Å². The van der Waals surface area contributed by atoms with E-state index < -0.39 is 10.0 Å². The zero-order chi connectivity index (χ0) is 17.7. The lowest BCUT2D eigenvalue weighted by molar-refractivity contribution is 0.180. The number of rotatable bonds is 6. The van der Waals surface area contributed by atoms with Crippen LogP contribution in [-0.4, -0.2) is 50.9 Å². The van der Waals surface area contributed by atoms with Crippen molar-refractivity contribution in [1.29, 1.82) is 0 Å². The first-order valence-electron chi connectivity index (χ1n) is 8.44. The van der Waals surface area contributed by atoms with Crippen molar-refractivity contribution in [3.63, 3.8) is 0 Å². The van der Waals surface area contributed by atoms with Gasteiger partial charge in [-0.1, -0.05) is 48.5 Å². The molecule has 0 aromatic heterocycles. The van der Waals surface area contributed by atoms with Gasteiger partial charge >= 0.3 is 0 Å². The van der Waals surface area contributed by atoms with E-state index in [-0.39, 0.29) is 5.75 Å². The molecular formula is C19H24N2O3S. The van der Waals surface area contributed by atoms with Gasteiger partial charge in [-0.25, -0.2) is 8.42 Å². The standard InChI is InChI=1S/C19H24N2O3S/c1-24-19-10-6-5-9-18(19)15-20-11-13-21(14-12-20)25(22,23)16-17-7-3-2-4-8-17/h2-10H,11-16H2,1H3. The Bertz CT molecular complexity index is 785. The van der Waals surface area contributed by atoms with Gasteiger partial charge in [-0.2, -0.15) is 4.31 Å². The van der Waals surface area contributed by atoms with Crippen molar-refractivity contribution < 1.29 is 13.2 Å². The van der Waals surface area contributed by atoms with Crippen LogP contribution in [0.15, 0.2) is 54.6 Å². The highest BCUT2D eigenvalue weighted by atomic mass is 32.2. The number of nitrogens with zero attached hydrogens (tertiary/aromatic N) is 2. The molecular weight excluding hydrogens is 336 g/mol. The number of hydrogen-bond acceptors (Lipinski definition) is 4. The summed E-state index contributed by atoms with van der Waals surface area (Å²) in [6.45, 7) is 3.29. The minimum atomic E-state index is -3.26.